The molecule has 0 amide bonds. The highest BCUT2D eigenvalue weighted by molar-refractivity contribution is 6.30. The molecule has 0 aromatic heterocycles. The number of halogens is 2. The summed E-state index contributed by atoms with van der Waals surface area (Å²) in [5.74, 6) is -0.323. The Morgan fingerprint density at radius 2 is 2.14 bits per heavy atom. The summed E-state index contributed by atoms with van der Waals surface area (Å²) in [4.78, 5) is 10.9. The zero-order valence-electron chi connectivity index (χ0n) is 8.23. The molecule has 0 saturated carbocycles. The van der Waals surface area contributed by atoms with E-state index in [2.05, 4.69) is 0 Å². The molecule has 1 aromatic rings. The van der Waals surface area contributed by atoms with E-state index >= 15 is 0 Å². The lowest BCUT2D eigenvalue weighted by atomic mass is 10.0. The third kappa shape index (κ3) is 2.55. The van der Waals surface area contributed by atoms with Gasteiger partial charge in [0.1, 0.15) is 11.6 Å². The van der Waals surface area contributed by atoms with Crippen LogP contribution in [-0.4, -0.2) is 5.78 Å². The highest BCUT2D eigenvalue weighted by Crippen LogP contribution is 2.21. The molecule has 1 rings (SSSR count). The Bertz CT molecular complexity index is 361. The molecular weight excluding hydrogens is 203 g/mol. The lowest BCUT2D eigenvalue weighted by Gasteiger charge is -2.05. The molecule has 1 nitrogen and oxygen atoms in total. The molecule has 0 aliphatic heterocycles. The molecule has 14 heavy (non-hydrogen) atoms. The van der Waals surface area contributed by atoms with Crippen LogP contribution in [0.3, 0.4) is 0 Å². The second kappa shape index (κ2) is 4.56. The predicted octanol–water partition coefficient (Wildman–Crippen LogP) is 3.17. The number of aryl methyl sites for hydroxylation is 1. The van der Waals surface area contributed by atoms with E-state index in [4.69, 9.17) is 11.6 Å². The van der Waals surface area contributed by atoms with E-state index in [1.54, 1.807) is 6.07 Å². The van der Waals surface area contributed by atoms with E-state index < -0.39 is 0 Å². The monoisotopic (exact) mass is 214 g/mol. The summed E-state index contributed by atoms with van der Waals surface area (Å²) in [6.45, 7) is 3.36. The molecule has 1 aromatic carbocycles. The maximum Gasteiger partial charge on any atom is 0.144 e. The largest absolute Gasteiger partial charge is 0.300 e. The van der Waals surface area contributed by atoms with E-state index in [0.29, 0.717) is 18.4 Å². The minimum absolute atomic E-state index is 0.0507. The number of rotatable bonds is 3. The highest BCUT2D eigenvalue weighted by Gasteiger charge is 2.08. The lowest BCUT2D eigenvalue weighted by molar-refractivity contribution is -0.116. The SMILES string of the molecule is CCc1cc(CC(C)=O)cc(Cl)c1F. The van der Waals surface area contributed by atoms with Gasteiger partial charge in [-0.1, -0.05) is 24.6 Å². The number of Topliss-reactive ketones (excluding diaryl/α,β-unsaturated/α-hetero) is 1. The minimum Gasteiger partial charge on any atom is -0.300 e. The first kappa shape index (κ1) is 11.2. The average molecular weight is 215 g/mol. The van der Waals surface area contributed by atoms with E-state index in [0.717, 1.165) is 5.56 Å². The van der Waals surface area contributed by atoms with Crippen LogP contribution >= 0.6 is 11.6 Å². The van der Waals surface area contributed by atoms with Gasteiger partial charge >= 0.3 is 0 Å². The first-order valence-electron chi connectivity index (χ1n) is 4.50. The molecule has 0 spiro atoms. The number of ketones is 1. The Kier molecular flexibility index (Phi) is 3.64. The summed E-state index contributed by atoms with van der Waals surface area (Å²) >= 11 is 5.69. The van der Waals surface area contributed by atoms with Crippen LogP contribution in [0.4, 0.5) is 4.39 Å². The number of benzene rings is 1. The Labute approximate surface area is 87.9 Å². The third-order valence-corrected chi connectivity index (χ3v) is 2.27. The molecule has 0 aliphatic rings. The molecular formula is C11H12ClFO. The normalized spacial score (nSPS) is 10.3. The smallest absolute Gasteiger partial charge is 0.144 e. The van der Waals surface area contributed by atoms with Gasteiger partial charge < -0.3 is 0 Å². The van der Waals surface area contributed by atoms with Crippen molar-refractivity contribution in [3.8, 4) is 0 Å². The molecule has 0 heterocycles. The minimum atomic E-state index is -0.374. The molecule has 0 N–H and O–H groups in total. The van der Waals surface area contributed by atoms with Crippen LogP contribution in [0.25, 0.3) is 0 Å². The van der Waals surface area contributed by atoms with Gasteiger partial charge in [0, 0.05) is 6.42 Å². The number of hydrogen-bond acceptors (Lipinski definition) is 1. The summed E-state index contributed by atoms with van der Waals surface area (Å²) in [5, 5.41) is 0.0978. The van der Waals surface area contributed by atoms with Gasteiger partial charge in [-0.05, 0) is 30.5 Å². The van der Waals surface area contributed by atoms with Crippen LogP contribution in [0.15, 0.2) is 12.1 Å². The van der Waals surface area contributed by atoms with Gasteiger partial charge in [-0.3, -0.25) is 4.79 Å². The third-order valence-electron chi connectivity index (χ3n) is 2.00. The molecule has 0 atom stereocenters. The quantitative estimate of drug-likeness (QED) is 0.756. The number of carbonyl (C=O) groups excluding carboxylic acids is 1. The van der Waals surface area contributed by atoms with Crippen LogP contribution < -0.4 is 0 Å². The zero-order chi connectivity index (χ0) is 10.7. The van der Waals surface area contributed by atoms with Gasteiger partial charge in [-0.15, -0.1) is 0 Å². The van der Waals surface area contributed by atoms with Crippen molar-refractivity contribution in [3.63, 3.8) is 0 Å². The van der Waals surface area contributed by atoms with Crippen LogP contribution in [0.5, 0.6) is 0 Å². The van der Waals surface area contributed by atoms with Crippen LogP contribution in [-0.2, 0) is 17.6 Å². The van der Waals surface area contributed by atoms with Crippen LogP contribution in [0, 0.1) is 5.82 Å². The predicted molar refractivity (Wildman–Crippen MR) is 55.2 cm³/mol. The van der Waals surface area contributed by atoms with Gasteiger partial charge in [0.15, 0.2) is 0 Å². The molecule has 76 valence electrons. The fourth-order valence-corrected chi connectivity index (χ4v) is 1.62. The average Bonchev–Trinajstić information content (AvgIpc) is 2.10. The van der Waals surface area contributed by atoms with Crippen LogP contribution in [0.1, 0.15) is 25.0 Å². The summed E-state index contributed by atoms with van der Waals surface area (Å²) in [5.41, 5.74) is 1.34. The molecule has 0 aliphatic carbocycles. The molecule has 3 heteroatoms. The van der Waals surface area contributed by atoms with Crippen molar-refractivity contribution in [1.82, 2.24) is 0 Å². The molecule has 0 unspecified atom stereocenters. The van der Waals surface area contributed by atoms with E-state index in [-0.39, 0.29) is 16.6 Å². The lowest BCUT2D eigenvalue weighted by Crippen LogP contribution is -1.99. The van der Waals surface area contributed by atoms with Gasteiger partial charge in [-0.2, -0.15) is 0 Å². The number of carbonyl (C=O) groups is 1. The Morgan fingerprint density at radius 1 is 1.50 bits per heavy atom. The fraction of sp³-hybridized carbons (Fsp3) is 0.364. The maximum atomic E-state index is 13.3. The first-order chi connectivity index (χ1) is 6.54. The maximum absolute atomic E-state index is 13.3. The standard InChI is InChI=1S/C11H12ClFO/c1-3-9-5-8(4-7(2)14)6-10(12)11(9)13/h5-6H,3-4H2,1-2H3. The summed E-state index contributed by atoms with van der Waals surface area (Å²) in [6.07, 6.45) is 0.893. The van der Waals surface area contributed by atoms with Gasteiger partial charge in [0.25, 0.3) is 0 Å². The van der Waals surface area contributed by atoms with Gasteiger partial charge in [-0.25, -0.2) is 4.39 Å². The second-order valence-electron chi connectivity index (χ2n) is 3.28. The number of hydrogen-bond donors (Lipinski definition) is 0. The van der Waals surface area contributed by atoms with E-state index in [1.807, 2.05) is 6.92 Å². The van der Waals surface area contributed by atoms with Crippen molar-refractivity contribution in [2.24, 2.45) is 0 Å². The Balaban J connectivity index is 3.09. The van der Waals surface area contributed by atoms with Crippen molar-refractivity contribution >= 4 is 17.4 Å². The molecule has 0 radical (unpaired) electrons. The highest BCUT2D eigenvalue weighted by atomic mass is 35.5. The topological polar surface area (TPSA) is 17.1 Å². The Hall–Kier alpha value is -0.890. The van der Waals surface area contributed by atoms with E-state index in [9.17, 15) is 9.18 Å². The molecule has 0 saturated heterocycles. The van der Waals surface area contributed by atoms with Gasteiger partial charge in [0.2, 0.25) is 0 Å². The fourth-order valence-electron chi connectivity index (χ4n) is 1.36. The van der Waals surface area contributed by atoms with Crippen molar-refractivity contribution in [2.45, 2.75) is 26.7 Å². The second-order valence-corrected chi connectivity index (χ2v) is 3.69. The van der Waals surface area contributed by atoms with Crippen molar-refractivity contribution in [3.05, 3.63) is 34.1 Å². The zero-order valence-corrected chi connectivity index (χ0v) is 8.99. The molecule has 0 bridgehead atoms. The van der Waals surface area contributed by atoms with Crippen molar-refractivity contribution in [1.29, 1.82) is 0 Å². The van der Waals surface area contributed by atoms with Crippen LogP contribution in [0.2, 0.25) is 5.02 Å². The van der Waals surface area contributed by atoms with Crippen molar-refractivity contribution < 1.29 is 9.18 Å². The first-order valence-corrected chi connectivity index (χ1v) is 4.88. The Morgan fingerprint density at radius 3 is 2.64 bits per heavy atom. The van der Waals surface area contributed by atoms with E-state index in [1.165, 1.54) is 13.0 Å². The summed E-state index contributed by atoms with van der Waals surface area (Å²) in [6, 6.07) is 3.21. The van der Waals surface area contributed by atoms with Crippen molar-refractivity contribution in [2.75, 3.05) is 0 Å². The summed E-state index contributed by atoms with van der Waals surface area (Å²) < 4.78 is 13.3. The van der Waals surface area contributed by atoms with Gasteiger partial charge in [0.05, 0.1) is 5.02 Å². The molecule has 0 fully saturated rings. The summed E-state index contributed by atoms with van der Waals surface area (Å²) in [7, 11) is 0.